The van der Waals surface area contributed by atoms with Gasteiger partial charge in [-0.3, -0.25) is 9.69 Å². The summed E-state index contributed by atoms with van der Waals surface area (Å²) in [6, 6.07) is 6.90. The molecule has 3 heterocycles. The van der Waals surface area contributed by atoms with Crippen molar-refractivity contribution in [3.05, 3.63) is 47.3 Å². The summed E-state index contributed by atoms with van der Waals surface area (Å²) >= 11 is 0. The Bertz CT molecular complexity index is 914. The number of urea groups is 1. The van der Waals surface area contributed by atoms with Crippen molar-refractivity contribution in [1.82, 2.24) is 19.6 Å². The molecule has 9 nitrogen and oxygen atoms in total. The van der Waals surface area contributed by atoms with E-state index in [-0.39, 0.29) is 31.7 Å². The highest BCUT2D eigenvalue weighted by Crippen LogP contribution is 2.34. The van der Waals surface area contributed by atoms with E-state index in [1.807, 2.05) is 54.1 Å². The van der Waals surface area contributed by atoms with Gasteiger partial charge in [0.15, 0.2) is 12.2 Å². The molecular weight excluding hydrogens is 386 g/mol. The predicted molar refractivity (Wildman–Crippen MR) is 110 cm³/mol. The van der Waals surface area contributed by atoms with Crippen LogP contribution in [0.4, 0.5) is 4.79 Å². The van der Waals surface area contributed by atoms with E-state index >= 15 is 0 Å². The van der Waals surface area contributed by atoms with Crippen LogP contribution in [0, 0.1) is 6.92 Å². The van der Waals surface area contributed by atoms with Gasteiger partial charge in [0.25, 0.3) is 5.91 Å². The van der Waals surface area contributed by atoms with E-state index in [0.29, 0.717) is 19.1 Å². The van der Waals surface area contributed by atoms with Crippen molar-refractivity contribution in [2.45, 2.75) is 32.6 Å². The van der Waals surface area contributed by atoms with Gasteiger partial charge in [-0.2, -0.15) is 0 Å². The van der Waals surface area contributed by atoms with Crippen LogP contribution >= 0.6 is 0 Å². The van der Waals surface area contributed by atoms with Crippen molar-refractivity contribution >= 4 is 17.9 Å². The number of nitrogens with zero attached hydrogens (tertiary/aromatic N) is 5. The zero-order valence-electron chi connectivity index (χ0n) is 17.5. The molecule has 3 amide bonds. The highest BCUT2D eigenvalue weighted by Gasteiger charge is 2.54. The third-order valence-corrected chi connectivity index (χ3v) is 5.62. The fourth-order valence-electron chi connectivity index (χ4n) is 4.14. The lowest BCUT2D eigenvalue weighted by molar-refractivity contribution is -0.137. The molecule has 0 aliphatic carbocycles. The number of guanidine groups is 1. The maximum absolute atomic E-state index is 13.4. The molecule has 2 atom stereocenters. The van der Waals surface area contributed by atoms with Crippen LogP contribution in [-0.2, 0) is 16.1 Å². The van der Waals surface area contributed by atoms with Crippen molar-refractivity contribution in [1.29, 1.82) is 0 Å². The van der Waals surface area contributed by atoms with Crippen LogP contribution in [0.3, 0.4) is 0 Å². The van der Waals surface area contributed by atoms with Crippen LogP contribution in [0.2, 0.25) is 0 Å². The average molecular weight is 413 g/mol. The molecule has 160 valence electrons. The quantitative estimate of drug-likeness (QED) is 0.670. The van der Waals surface area contributed by atoms with E-state index in [9.17, 15) is 9.59 Å². The Morgan fingerprint density at radius 1 is 1.17 bits per heavy atom. The van der Waals surface area contributed by atoms with E-state index in [0.717, 1.165) is 16.8 Å². The number of rotatable bonds is 7. The second kappa shape index (κ2) is 8.08. The van der Waals surface area contributed by atoms with Crippen LogP contribution in [0.5, 0.6) is 0 Å². The van der Waals surface area contributed by atoms with Gasteiger partial charge in [0.05, 0.1) is 26.4 Å². The SMILES string of the molecule is CC1=CN2C(=NC3C2C(=O)N(Cc2cccc(C)c2)C(=O)N3C)N1CCOCCO. The number of aliphatic hydroxyl groups excluding tert-OH is 1. The Labute approximate surface area is 175 Å². The van der Waals surface area contributed by atoms with E-state index in [1.54, 1.807) is 7.05 Å². The predicted octanol–water partition coefficient (Wildman–Crippen LogP) is 0.941. The summed E-state index contributed by atoms with van der Waals surface area (Å²) < 4.78 is 5.38. The highest BCUT2D eigenvalue weighted by molar-refractivity contribution is 6.04. The smallest absolute Gasteiger partial charge is 0.328 e. The number of benzene rings is 1. The van der Waals surface area contributed by atoms with Crippen molar-refractivity contribution < 1.29 is 19.4 Å². The lowest BCUT2D eigenvalue weighted by Crippen LogP contribution is -2.63. The van der Waals surface area contributed by atoms with Gasteiger partial charge in [0.1, 0.15) is 0 Å². The molecule has 1 fully saturated rings. The third kappa shape index (κ3) is 3.44. The van der Waals surface area contributed by atoms with E-state index in [1.165, 1.54) is 9.80 Å². The number of aliphatic imine (C=N–C) groups is 1. The van der Waals surface area contributed by atoms with Gasteiger partial charge in [-0.25, -0.2) is 9.79 Å². The standard InChI is InChI=1S/C21H27N5O4/c1-14-5-4-6-16(11-14)13-26-19(28)17-18(23(3)21(26)29)22-20-24(7-9-30-10-8-27)15(2)12-25(17)20/h4-6,11-12,17-18,27H,7-10,13H2,1-3H3. The summed E-state index contributed by atoms with van der Waals surface area (Å²) in [6.07, 6.45) is 1.35. The molecule has 9 heteroatoms. The first-order valence-electron chi connectivity index (χ1n) is 10.1. The number of carbonyl (C=O) groups excluding carboxylic acids is 2. The van der Waals surface area contributed by atoms with Crippen molar-refractivity contribution in [2.24, 2.45) is 4.99 Å². The Kier molecular flexibility index (Phi) is 5.48. The molecule has 30 heavy (non-hydrogen) atoms. The second-order valence-corrected chi connectivity index (χ2v) is 7.76. The molecule has 0 spiro atoms. The van der Waals surface area contributed by atoms with Gasteiger partial charge in [-0.05, 0) is 19.4 Å². The number of carbonyl (C=O) groups is 2. The maximum atomic E-state index is 13.4. The molecule has 1 N–H and O–H groups in total. The van der Waals surface area contributed by atoms with Crippen molar-refractivity contribution in [2.75, 3.05) is 33.4 Å². The summed E-state index contributed by atoms with van der Waals surface area (Å²) in [5.41, 5.74) is 2.95. The van der Waals surface area contributed by atoms with Crippen molar-refractivity contribution in [3.63, 3.8) is 0 Å². The zero-order valence-corrected chi connectivity index (χ0v) is 17.5. The number of aliphatic hydroxyl groups is 1. The lowest BCUT2D eigenvalue weighted by Gasteiger charge is -2.40. The molecule has 1 saturated heterocycles. The van der Waals surface area contributed by atoms with Crippen LogP contribution in [0.1, 0.15) is 18.1 Å². The van der Waals surface area contributed by atoms with Gasteiger partial charge in [-0.1, -0.05) is 29.8 Å². The molecular formula is C21H27N5O4. The first-order valence-corrected chi connectivity index (χ1v) is 10.1. The van der Waals surface area contributed by atoms with Gasteiger partial charge in [0, 0.05) is 25.5 Å². The fraction of sp³-hybridized carbons (Fsp3) is 0.476. The monoisotopic (exact) mass is 413 g/mol. The number of hydrogen-bond donors (Lipinski definition) is 1. The normalized spacial score (nSPS) is 23.1. The minimum atomic E-state index is -0.578. The zero-order chi connectivity index (χ0) is 21.4. The van der Waals surface area contributed by atoms with Gasteiger partial charge in [0.2, 0.25) is 5.96 Å². The Morgan fingerprint density at radius 2 is 1.97 bits per heavy atom. The first kappa shape index (κ1) is 20.4. The lowest BCUT2D eigenvalue weighted by atomic mass is 10.1. The van der Waals surface area contributed by atoms with Gasteiger partial charge >= 0.3 is 6.03 Å². The maximum Gasteiger partial charge on any atom is 0.328 e. The number of ether oxygens (including phenoxy) is 1. The van der Waals surface area contributed by atoms with Gasteiger partial charge in [-0.15, -0.1) is 0 Å². The summed E-state index contributed by atoms with van der Waals surface area (Å²) in [5, 5.41) is 8.87. The number of amides is 3. The minimum Gasteiger partial charge on any atom is -0.394 e. The van der Waals surface area contributed by atoms with E-state index in [2.05, 4.69) is 0 Å². The summed E-state index contributed by atoms with van der Waals surface area (Å²) in [4.78, 5) is 37.7. The Balaban J connectivity index is 1.54. The largest absolute Gasteiger partial charge is 0.394 e. The van der Waals surface area contributed by atoms with Crippen LogP contribution in [-0.4, -0.2) is 88.2 Å². The molecule has 0 aromatic heterocycles. The molecule has 1 aromatic rings. The summed E-state index contributed by atoms with van der Waals surface area (Å²) in [6.45, 7) is 5.41. The number of hydrogen-bond acceptors (Lipinski definition) is 7. The number of imide groups is 1. The number of aryl methyl sites for hydroxylation is 1. The molecule has 3 aliphatic rings. The Morgan fingerprint density at radius 3 is 2.70 bits per heavy atom. The number of fused-ring (bicyclic) bond motifs is 3. The molecule has 3 aliphatic heterocycles. The third-order valence-electron chi connectivity index (χ3n) is 5.62. The van der Waals surface area contributed by atoms with Crippen LogP contribution in [0.15, 0.2) is 41.2 Å². The molecule has 0 saturated carbocycles. The van der Waals surface area contributed by atoms with E-state index in [4.69, 9.17) is 14.8 Å². The highest BCUT2D eigenvalue weighted by atomic mass is 16.5. The molecule has 0 bridgehead atoms. The second-order valence-electron chi connectivity index (χ2n) is 7.76. The Hall–Kier alpha value is -2.91. The molecule has 4 rings (SSSR count). The van der Waals surface area contributed by atoms with Crippen LogP contribution < -0.4 is 0 Å². The van der Waals surface area contributed by atoms with Gasteiger partial charge < -0.3 is 24.5 Å². The molecule has 1 aromatic carbocycles. The number of likely N-dealkylation sites (N-methyl/N-ethyl adjacent to an activating group) is 1. The summed E-state index contributed by atoms with van der Waals surface area (Å²) in [7, 11) is 1.69. The summed E-state index contributed by atoms with van der Waals surface area (Å²) in [5.74, 6) is 0.409. The first-order chi connectivity index (χ1) is 14.4. The topological polar surface area (TPSA) is 88.9 Å². The fourth-order valence-corrected chi connectivity index (χ4v) is 4.14. The van der Waals surface area contributed by atoms with E-state index < -0.39 is 12.2 Å². The van der Waals surface area contributed by atoms with Crippen LogP contribution in [0.25, 0.3) is 0 Å². The van der Waals surface area contributed by atoms with Crippen molar-refractivity contribution in [3.8, 4) is 0 Å². The minimum absolute atomic E-state index is 0.0236. The molecule has 0 radical (unpaired) electrons. The average Bonchev–Trinajstić information content (AvgIpc) is 3.22. The molecule has 2 unspecified atom stereocenters. The number of allylic oxidation sites excluding steroid dienone is 1.